The smallest absolute Gasteiger partial charge is 0.338 e. The molecule has 3 amide bonds. The van der Waals surface area contributed by atoms with E-state index in [0.29, 0.717) is 34.0 Å². The van der Waals surface area contributed by atoms with E-state index in [4.69, 9.17) is 16.3 Å². The van der Waals surface area contributed by atoms with Crippen LogP contribution in [0.2, 0.25) is 5.02 Å². The number of carbonyl (C=O) groups is 4. The highest BCUT2D eigenvalue weighted by Crippen LogP contribution is 2.37. The summed E-state index contributed by atoms with van der Waals surface area (Å²) in [6, 6.07) is 35.0. The van der Waals surface area contributed by atoms with E-state index in [1.54, 1.807) is 78.9 Å². The van der Waals surface area contributed by atoms with Gasteiger partial charge in [0.2, 0.25) is 5.91 Å². The van der Waals surface area contributed by atoms with Gasteiger partial charge in [0.25, 0.3) is 11.8 Å². The number of anilines is 2. The lowest BCUT2D eigenvalue weighted by Crippen LogP contribution is -2.30. The highest BCUT2D eigenvalue weighted by molar-refractivity contribution is 8.00. The van der Waals surface area contributed by atoms with Crippen molar-refractivity contribution in [1.29, 1.82) is 0 Å². The van der Waals surface area contributed by atoms with Crippen LogP contribution in [0.3, 0.4) is 0 Å². The Kier molecular flexibility index (Phi) is 13.4. The van der Waals surface area contributed by atoms with Crippen LogP contribution in [0.5, 0.6) is 0 Å². The van der Waals surface area contributed by atoms with Gasteiger partial charge < -0.3 is 20.7 Å². The van der Waals surface area contributed by atoms with Crippen molar-refractivity contribution >= 4 is 64.5 Å². The quantitative estimate of drug-likeness (QED) is 0.0454. The van der Waals surface area contributed by atoms with E-state index in [-0.39, 0.29) is 22.2 Å². The zero-order valence-corrected chi connectivity index (χ0v) is 29.7. The van der Waals surface area contributed by atoms with E-state index in [1.165, 1.54) is 36.0 Å². The Morgan fingerprint density at radius 3 is 2.17 bits per heavy atom. The molecule has 1 unspecified atom stereocenters. The van der Waals surface area contributed by atoms with Gasteiger partial charge in [-0.05, 0) is 84.8 Å². The third-order valence-electron chi connectivity index (χ3n) is 7.62. The number of ether oxygens (including phenoxy) is 1. The molecule has 0 aliphatic heterocycles. The lowest BCUT2D eigenvalue weighted by Gasteiger charge is -2.18. The molecule has 0 saturated carbocycles. The zero-order valence-electron chi connectivity index (χ0n) is 28.1. The maximum Gasteiger partial charge on any atom is 0.338 e. The molecule has 11 heteroatoms. The van der Waals surface area contributed by atoms with Crippen molar-refractivity contribution in [2.24, 2.45) is 0 Å². The second-order valence-corrected chi connectivity index (χ2v) is 13.0. The lowest BCUT2D eigenvalue weighted by atomic mass is 10.1. The first kappa shape index (κ1) is 37.5. The number of thioether (sulfide) groups is 1. The van der Waals surface area contributed by atoms with Gasteiger partial charge in [0.15, 0.2) is 0 Å². The van der Waals surface area contributed by atoms with Gasteiger partial charge in [0.05, 0.1) is 17.2 Å². The number of rotatable bonds is 14. The summed E-state index contributed by atoms with van der Waals surface area (Å²) in [6.07, 6.45) is 2.88. The average Bonchev–Trinajstić information content (AvgIpc) is 3.16. The molecule has 5 rings (SSSR count). The van der Waals surface area contributed by atoms with Crippen molar-refractivity contribution in [2.45, 2.75) is 29.9 Å². The van der Waals surface area contributed by atoms with Crippen LogP contribution in [0.1, 0.15) is 56.9 Å². The molecule has 8 nitrogen and oxygen atoms in total. The summed E-state index contributed by atoms with van der Waals surface area (Å²) in [5.41, 5.74) is 1.99. The zero-order chi connectivity index (χ0) is 36.9. The van der Waals surface area contributed by atoms with Gasteiger partial charge in [-0.25, -0.2) is 9.18 Å². The first-order valence-corrected chi connectivity index (χ1v) is 17.7. The molecule has 52 heavy (non-hydrogen) atoms. The number of esters is 1. The molecule has 0 aliphatic carbocycles. The molecule has 0 bridgehead atoms. The molecule has 5 aromatic carbocycles. The number of benzene rings is 5. The summed E-state index contributed by atoms with van der Waals surface area (Å²) in [4.78, 5) is 53.4. The third kappa shape index (κ3) is 10.4. The molecule has 5 aromatic rings. The Hall–Kier alpha value is -5.71. The van der Waals surface area contributed by atoms with Crippen molar-refractivity contribution in [1.82, 2.24) is 5.32 Å². The number of nitrogens with one attached hydrogen (secondary N) is 3. The van der Waals surface area contributed by atoms with Crippen molar-refractivity contribution in [2.75, 3.05) is 17.2 Å². The fourth-order valence-corrected chi connectivity index (χ4v) is 6.21. The molecule has 264 valence electrons. The SMILES string of the molecule is CCCCOC(=O)c1ccc(NC(=O)C(Sc2cccc(NC(=O)/C(=C\c3c(F)cccc3Cl)NC(=O)c3ccccc3)c2)c2ccccc2)cc1. The maximum atomic E-state index is 14.8. The molecule has 0 spiro atoms. The average molecular weight is 736 g/mol. The molecule has 0 aromatic heterocycles. The van der Waals surface area contributed by atoms with E-state index in [9.17, 15) is 23.6 Å². The minimum Gasteiger partial charge on any atom is -0.462 e. The maximum absolute atomic E-state index is 14.8. The summed E-state index contributed by atoms with van der Waals surface area (Å²) in [5, 5.41) is 7.65. The molecular weight excluding hydrogens is 701 g/mol. The number of amides is 3. The number of hydrogen-bond donors (Lipinski definition) is 3. The normalized spacial score (nSPS) is 11.6. The van der Waals surface area contributed by atoms with Gasteiger partial charge in [0, 0.05) is 27.4 Å². The van der Waals surface area contributed by atoms with Crippen LogP contribution >= 0.6 is 23.4 Å². The fraction of sp³-hybridized carbons (Fsp3) is 0.122. The Labute approximate surface area is 310 Å². The summed E-state index contributed by atoms with van der Waals surface area (Å²) < 4.78 is 20.0. The number of hydrogen-bond acceptors (Lipinski definition) is 6. The largest absolute Gasteiger partial charge is 0.462 e. The Morgan fingerprint density at radius 1 is 0.788 bits per heavy atom. The van der Waals surface area contributed by atoms with E-state index < -0.39 is 28.9 Å². The van der Waals surface area contributed by atoms with E-state index in [2.05, 4.69) is 16.0 Å². The van der Waals surface area contributed by atoms with Crippen molar-refractivity contribution in [3.8, 4) is 0 Å². The predicted octanol–water partition coefficient (Wildman–Crippen LogP) is 9.32. The van der Waals surface area contributed by atoms with Crippen molar-refractivity contribution in [3.05, 3.63) is 166 Å². The molecule has 1 atom stereocenters. The third-order valence-corrected chi connectivity index (χ3v) is 9.20. The summed E-state index contributed by atoms with van der Waals surface area (Å²) in [6.45, 7) is 2.36. The van der Waals surface area contributed by atoms with Gasteiger partial charge in [0.1, 0.15) is 16.8 Å². The van der Waals surface area contributed by atoms with Crippen LogP contribution in [-0.2, 0) is 14.3 Å². The molecular formula is C41H35ClFN3O5S. The van der Waals surface area contributed by atoms with Crippen LogP contribution in [0, 0.1) is 5.82 Å². The second-order valence-electron chi connectivity index (χ2n) is 11.5. The molecule has 0 fully saturated rings. The van der Waals surface area contributed by atoms with Crippen LogP contribution in [0.15, 0.2) is 138 Å². The van der Waals surface area contributed by atoms with Crippen LogP contribution in [0.4, 0.5) is 15.8 Å². The lowest BCUT2D eigenvalue weighted by molar-refractivity contribution is -0.116. The first-order valence-electron chi connectivity index (χ1n) is 16.4. The predicted molar refractivity (Wildman–Crippen MR) is 204 cm³/mol. The van der Waals surface area contributed by atoms with Crippen LogP contribution < -0.4 is 16.0 Å². The standard InChI is InChI=1S/C41H35ClFN3O5S/c1-2-3-24-51-41(50)29-20-22-30(23-21-29)44-40(49)37(27-12-6-4-7-13-27)52-32-17-10-16-31(25-32)45-39(48)36(26-33-34(42)18-11-19-35(33)43)46-38(47)28-14-8-5-9-15-28/h4-23,25-26,37H,2-3,24H2,1H3,(H,44,49)(H,45,48)(H,46,47)/b36-26+. The first-order chi connectivity index (χ1) is 25.2. The minimum absolute atomic E-state index is 0.0590. The number of unbranched alkanes of at least 4 members (excludes halogenated alkanes) is 1. The van der Waals surface area contributed by atoms with Crippen molar-refractivity contribution in [3.63, 3.8) is 0 Å². The fourth-order valence-electron chi connectivity index (χ4n) is 4.91. The molecule has 0 aliphatic rings. The molecule has 0 heterocycles. The molecule has 0 radical (unpaired) electrons. The second kappa shape index (κ2) is 18.5. The van der Waals surface area contributed by atoms with Gasteiger partial charge in [-0.2, -0.15) is 0 Å². The van der Waals surface area contributed by atoms with Crippen molar-refractivity contribution < 1.29 is 28.3 Å². The number of carbonyl (C=O) groups excluding carboxylic acids is 4. The van der Waals surface area contributed by atoms with Gasteiger partial charge in [-0.1, -0.05) is 85.6 Å². The topological polar surface area (TPSA) is 114 Å². The van der Waals surface area contributed by atoms with E-state index in [1.807, 2.05) is 37.3 Å². The van der Waals surface area contributed by atoms with E-state index >= 15 is 0 Å². The number of halogens is 2. The summed E-state index contributed by atoms with van der Waals surface area (Å²) >= 11 is 7.51. The Morgan fingerprint density at radius 2 is 1.48 bits per heavy atom. The molecule has 0 saturated heterocycles. The highest BCUT2D eigenvalue weighted by atomic mass is 35.5. The van der Waals surface area contributed by atoms with Gasteiger partial charge in [-0.3, -0.25) is 14.4 Å². The van der Waals surface area contributed by atoms with Crippen LogP contribution in [0.25, 0.3) is 6.08 Å². The molecule has 3 N–H and O–H groups in total. The Balaban J connectivity index is 1.34. The Bertz CT molecular complexity index is 2040. The van der Waals surface area contributed by atoms with Gasteiger partial charge >= 0.3 is 5.97 Å². The highest BCUT2D eigenvalue weighted by Gasteiger charge is 2.23. The van der Waals surface area contributed by atoms with Gasteiger partial charge in [-0.15, -0.1) is 11.8 Å². The van der Waals surface area contributed by atoms with Crippen LogP contribution in [-0.4, -0.2) is 30.3 Å². The monoisotopic (exact) mass is 735 g/mol. The van der Waals surface area contributed by atoms with E-state index in [0.717, 1.165) is 18.4 Å². The summed E-state index contributed by atoms with van der Waals surface area (Å²) in [7, 11) is 0. The summed E-state index contributed by atoms with van der Waals surface area (Å²) in [5.74, 6) is -2.69. The minimum atomic E-state index is -0.721.